The lowest BCUT2D eigenvalue weighted by Crippen LogP contribution is -2.35. The standard InChI is InChI=1S/C24H24N4O2/c1-26-15-16(17-8-4-6-11-20(17)26)14-22(29)28-13-7-12-21(28)23-25-19-10-5-3-9-18(19)24(30)27(23)2/h3-6,8-11,15,21H,7,12-14H2,1-2H3. The Balaban J connectivity index is 1.49. The molecular formula is C24H24N4O2. The highest BCUT2D eigenvalue weighted by atomic mass is 16.2. The first-order valence-electron chi connectivity index (χ1n) is 10.3. The minimum atomic E-state index is -0.171. The molecule has 0 bridgehead atoms. The molecule has 1 atom stereocenters. The Hall–Kier alpha value is -3.41. The molecule has 3 heterocycles. The fourth-order valence-corrected chi connectivity index (χ4v) is 4.70. The van der Waals surface area contributed by atoms with Gasteiger partial charge in [-0.3, -0.25) is 14.2 Å². The molecule has 1 aliphatic heterocycles. The second-order valence-electron chi connectivity index (χ2n) is 8.06. The summed E-state index contributed by atoms with van der Waals surface area (Å²) in [6, 6.07) is 15.4. The lowest BCUT2D eigenvalue weighted by atomic mass is 10.1. The molecule has 30 heavy (non-hydrogen) atoms. The van der Waals surface area contributed by atoms with Crippen molar-refractivity contribution in [3.8, 4) is 0 Å². The predicted molar refractivity (Wildman–Crippen MR) is 117 cm³/mol. The molecule has 1 fully saturated rings. The minimum Gasteiger partial charge on any atom is -0.350 e. The highest BCUT2D eigenvalue weighted by molar-refractivity contribution is 5.89. The van der Waals surface area contributed by atoms with Crippen LogP contribution in [0.2, 0.25) is 0 Å². The van der Waals surface area contributed by atoms with Crippen LogP contribution in [0.4, 0.5) is 0 Å². The summed E-state index contributed by atoms with van der Waals surface area (Å²) in [5.41, 5.74) is 2.77. The van der Waals surface area contributed by atoms with Crippen LogP contribution >= 0.6 is 0 Å². The van der Waals surface area contributed by atoms with Crippen molar-refractivity contribution in [2.75, 3.05) is 6.54 Å². The first kappa shape index (κ1) is 18.6. The van der Waals surface area contributed by atoms with E-state index in [1.165, 1.54) is 0 Å². The normalized spacial score (nSPS) is 16.6. The van der Waals surface area contributed by atoms with Crippen molar-refractivity contribution in [2.24, 2.45) is 14.1 Å². The van der Waals surface area contributed by atoms with E-state index in [1.54, 1.807) is 17.7 Å². The van der Waals surface area contributed by atoms with Gasteiger partial charge in [0.2, 0.25) is 5.91 Å². The zero-order chi connectivity index (χ0) is 20.8. The summed E-state index contributed by atoms with van der Waals surface area (Å²) >= 11 is 0. The van der Waals surface area contributed by atoms with Gasteiger partial charge >= 0.3 is 0 Å². The summed E-state index contributed by atoms with van der Waals surface area (Å²) in [7, 11) is 3.76. The van der Waals surface area contributed by atoms with Crippen LogP contribution in [0.25, 0.3) is 21.8 Å². The highest BCUT2D eigenvalue weighted by Crippen LogP contribution is 2.32. The van der Waals surface area contributed by atoms with Crippen LogP contribution in [0.15, 0.2) is 59.5 Å². The number of likely N-dealkylation sites (tertiary alicyclic amines) is 1. The van der Waals surface area contributed by atoms with Crippen molar-refractivity contribution in [3.63, 3.8) is 0 Å². The number of nitrogens with zero attached hydrogens (tertiary/aromatic N) is 4. The van der Waals surface area contributed by atoms with Crippen LogP contribution in [0, 0.1) is 0 Å². The smallest absolute Gasteiger partial charge is 0.261 e. The molecule has 1 aliphatic rings. The fraction of sp³-hybridized carbons (Fsp3) is 0.292. The van der Waals surface area contributed by atoms with E-state index in [0.29, 0.717) is 29.7 Å². The highest BCUT2D eigenvalue weighted by Gasteiger charge is 2.33. The van der Waals surface area contributed by atoms with Gasteiger partial charge in [-0.2, -0.15) is 0 Å². The molecular weight excluding hydrogens is 376 g/mol. The van der Waals surface area contributed by atoms with Gasteiger partial charge in [0.15, 0.2) is 0 Å². The number of carbonyl (C=O) groups is 1. The molecule has 0 spiro atoms. The van der Waals surface area contributed by atoms with E-state index in [2.05, 4.69) is 16.7 Å². The van der Waals surface area contributed by atoms with Crippen LogP contribution in [-0.4, -0.2) is 31.5 Å². The number of hydrogen-bond donors (Lipinski definition) is 0. The zero-order valence-electron chi connectivity index (χ0n) is 17.2. The molecule has 6 heteroatoms. The van der Waals surface area contributed by atoms with Crippen LogP contribution < -0.4 is 5.56 Å². The minimum absolute atomic E-state index is 0.0658. The lowest BCUT2D eigenvalue weighted by Gasteiger charge is -2.26. The van der Waals surface area contributed by atoms with Crippen molar-refractivity contribution in [2.45, 2.75) is 25.3 Å². The molecule has 1 unspecified atom stereocenters. The first-order valence-corrected chi connectivity index (χ1v) is 10.3. The Morgan fingerprint density at radius 1 is 1.07 bits per heavy atom. The summed E-state index contributed by atoms with van der Waals surface area (Å²) < 4.78 is 3.67. The molecule has 4 aromatic rings. The van der Waals surface area contributed by atoms with Crippen molar-refractivity contribution >= 4 is 27.7 Å². The molecule has 0 aliphatic carbocycles. The Morgan fingerprint density at radius 3 is 2.63 bits per heavy atom. The number of fused-ring (bicyclic) bond motifs is 2. The number of amides is 1. The van der Waals surface area contributed by atoms with Crippen LogP contribution in [-0.2, 0) is 25.3 Å². The topological polar surface area (TPSA) is 60.1 Å². The molecule has 1 saturated heterocycles. The first-order chi connectivity index (χ1) is 14.5. The molecule has 0 saturated carbocycles. The van der Waals surface area contributed by atoms with E-state index < -0.39 is 0 Å². The number of hydrogen-bond acceptors (Lipinski definition) is 3. The predicted octanol–water partition coefficient (Wildman–Crippen LogP) is 3.33. The van der Waals surface area contributed by atoms with Crippen molar-refractivity contribution in [1.82, 2.24) is 19.0 Å². The number of aryl methyl sites for hydroxylation is 1. The monoisotopic (exact) mass is 400 g/mol. The van der Waals surface area contributed by atoms with E-state index in [0.717, 1.165) is 29.3 Å². The van der Waals surface area contributed by atoms with Gasteiger partial charge in [0, 0.05) is 37.7 Å². The van der Waals surface area contributed by atoms with Gasteiger partial charge in [-0.05, 0) is 36.6 Å². The van der Waals surface area contributed by atoms with E-state index in [9.17, 15) is 9.59 Å². The van der Waals surface area contributed by atoms with Crippen molar-refractivity contribution < 1.29 is 4.79 Å². The molecule has 6 nitrogen and oxygen atoms in total. The molecule has 1 amide bonds. The molecule has 0 N–H and O–H groups in total. The lowest BCUT2D eigenvalue weighted by molar-refractivity contribution is -0.131. The Kier molecular flexibility index (Phi) is 4.42. The number of benzene rings is 2. The van der Waals surface area contributed by atoms with Gasteiger partial charge in [0.05, 0.1) is 23.4 Å². The van der Waals surface area contributed by atoms with E-state index in [4.69, 9.17) is 4.98 Å². The van der Waals surface area contributed by atoms with E-state index in [1.807, 2.05) is 48.5 Å². The number of aromatic nitrogens is 3. The summed E-state index contributed by atoms with van der Waals surface area (Å²) in [4.78, 5) is 32.8. The third-order valence-electron chi connectivity index (χ3n) is 6.21. The Labute approximate surface area is 174 Å². The summed E-state index contributed by atoms with van der Waals surface area (Å²) in [6.07, 6.45) is 4.12. The number of para-hydroxylation sites is 2. The SMILES string of the molecule is Cn1c(C2CCCN2C(=O)Cc2cn(C)c3ccccc23)nc2ccccc2c1=O. The summed E-state index contributed by atoms with van der Waals surface area (Å²) in [5, 5.41) is 1.72. The van der Waals surface area contributed by atoms with Crippen LogP contribution in [0.5, 0.6) is 0 Å². The zero-order valence-corrected chi connectivity index (χ0v) is 17.2. The van der Waals surface area contributed by atoms with Gasteiger partial charge in [-0.25, -0.2) is 4.98 Å². The third kappa shape index (κ3) is 2.91. The van der Waals surface area contributed by atoms with Gasteiger partial charge in [-0.1, -0.05) is 30.3 Å². The maximum absolute atomic E-state index is 13.3. The van der Waals surface area contributed by atoms with Gasteiger partial charge in [0.25, 0.3) is 5.56 Å². The second kappa shape index (κ2) is 7.13. The summed E-state index contributed by atoms with van der Waals surface area (Å²) in [5.74, 6) is 0.749. The van der Waals surface area contributed by atoms with Gasteiger partial charge in [-0.15, -0.1) is 0 Å². The van der Waals surface area contributed by atoms with E-state index >= 15 is 0 Å². The maximum Gasteiger partial charge on any atom is 0.261 e. The van der Waals surface area contributed by atoms with Crippen molar-refractivity contribution in [3.05, 3.63) is 76.5 Å². The number of rotatable bonds is 3. The van der Waals surface area contributed by atoms with Gasteiger partial charge < -0.3 is 9.47 Å². The van der Waals surface area contributed by atoms with Crippen LogP contribution in [0.3, 0.4) is 0 Å². The summed E-state index contributed by atoms with van der Waals surface area (Å²) in [6.45, 7) is 0.691. The quantitative estimate of drug-likeness (QED) is 0.530. The van der Waals surface area contributed by atoms with Crippen LogP contribution in [0.1, 0.15) is 30.3 Å². The molecule has 0 radical (unpaired) electrons. The average molecular weight is 400 g/mol. The molecule has 2 aromatic carbocycles. The fourth-order valence-electron chi connectivity index (χ4n) is 4.70. The van der Waals surface area contributed by atoms with Gasteiger partial charge in [0.1, 0.15) is 5.82 Å². The van der Waals surface area contributed by atoms with E-state index in [-0.39, 0.29) is 17.5 Å². The Morgan fingerprint density at radius 2 is 1.80 bits per heavy atom. The molecule has 2 aromatic heterocycles. The number of carbonyl (C=O) groups excluding carboxylic acids is 1. The Bertz CT molecular complexity index is 1330. The molecule has 5 rings (SSSR count). The second-order valence-corrected chi connectivity index (χ2v) is 8.06. The maximum atomic E-state index is 13.3. The third-order valence-corrected chi connectivity index (χ3v) is 6.21. The average Bonchev–Trinajstić information content (AvgIpc) is 3.36. The molecule has 152 valence electrons. The van der Waals surface area contributed by atoms with Crippen molar-refractivity contribution in [1.29, 1.82) is 0 Å². The largest absolute Gasteiger partial charge is 0.350 e.